The second kappa shape index (κ2) is 5.57. The molecule has 0 bridgehead atoms. The van der Waals surface area contributed by atoms with E-state index in [-0.39, 0.29) is 5.78 Å². The minimum absolute atomic E-state index is 0.114. The van der Waals surface area contributed by atoms with E-state index in [9.17, 15) is 4.79 Å². The first-order valence-electron chi connectivity index (χ1n) is 7.59. The third-order valence-electron chi connectivity index (χ3n) is 4.75. The van der Waals surface area contributed by atoms with Crippen molar-refractivity contribution in [1.29, 1.82) is 0 Å². The Labute approximate surface area is 125 Å². The lowest BCUT2D eigenvalue weighted by atomic mass is 9.75. The molecule has 1 fully saturated rings. The summed E-state index contributed by atoms with van der Waals surface area (Å²) in [5.74, 6) is 0.796. The summed E-state index contributed by atoms with van der Waals surface area (Å²) in [6, 6.07) is 9.60. The number of nitrogens with zero attached hydrogens (tertiary/aromatic N) is 1. The highest BCUT2D eigenvalue weighted by Gasteiger charge is 2.41. The molecule has 3 nitrogen and oxygen atoms in total. The smallest absolute Gasteiger partial charge is 0.194 e. The van der Waals surface area contributed by atoms with Gasteiger partial charge in [0.25, 0.3) is 0 Å². The van der Waals surface area contributed by atoms with Crippen LogP contribution in [0.15, 0.2) is 36.5 Å². The molecule has 1 heterocycles. The van der Waals surface area contributed by atoms with Crippen molar-refractivity contribution in [2.75, 3.05) is 7.11 Å². The number of fused-ring (bicyclic) bond motifs is 1. The highest BCUT2D eigenvalue weighted by Crippen LogP contribution is 2.37. The maximum Gasteiger partial charge on any atom is 0.194 e. The van der Waals surface area contributed by atoms with Gasteiger partial charge in [0.05, 0.1) is 5.52 Å². The highest BCUT2D eigenvalue weighted by molar-refractivity contribution is 6.04. The van der Waals surface area contributed by atoms with Crippen molar-refractivity contribution >= 4 is 16.7 Å². The van der Waals surface area contributed by atoms with Gasteiger partial charge in [-0.1, -0.05) is 13.0 Å². The molecular formula is C18H21NO2. The zero-order valence-electron chi connectivity index (χ0n) is 12.6. The second-order valence-corrected chi connectivity index (χ2v) is 6.12. The predicted molar refractivity (Wildman–Crippen MR) is 83.4 cm³/mol. The number of benzene rings is 1. The summed E-state index contributed by atoms with van der Waals surface area (Å²) < 4.78 is 5.69. The lowest BCUT2D eigenvalue weighted by Gasteiger charge is -2.37. The van der Waals surface area contributed by atoms with Crippen LogP contribution in [0.25, 0.3) is 10.9 Å². The quantitative estimate of drug-likeness (QED) is 0.799. The Bertz CT molecular complexity index is 657. The van der Waals surface area contributed by atoms with E-state index in [1.165, 1.54) is 0 Å². The summed E-state index contributed by atoms with van der Waals surface area (Å²) >= 11 is 0. The number of pyridine rings is 1. The average molecular weight is 283 g/mol. The molecule has 1 aromatic carbocycles. The number of rotatable bonds is 3. The molecule has 0 atom stereocenters. The molecule has 0 amide bonds. The van der Waals surface area contributed by atoms with Gasteiger partial charge in [0.15, 0.2) is 5.78 Å². The zero-order valence-corrected chi connectivity index (χ0v) is 12.6. The van der Waals surface area contributed by atoms with Crippen molar-refractivity contribution in [3.63, 3.8) is 0 Å². The van der Waals surface area contributed by atoms with Gasteiger partial charge >= 0.3 is 0 Å². The largest absolute Gasteiger partial charge is 0.370 e. The van der Waals surface area contributed by atoms with Crippen LogP contribution in [0.5, 0.6) is 0 Å². The number of Topliss-reactive ketones (excluding diaryl/α,β-unsaturated/α-hetero) is 1. The van der Waals surface area contributed by atoms with E-state index in [0.29, 0.717) is 5.92 Å². The minimum Gasteiger partial charge on any atom is -0.370 e. The molecule has 3 heteroatoms. The fraction of sp³-hybridized carbons (Fsp3) is 0.444. The van der Waals surface area contributed by atoms with E-state index in [4.69, 9.17) is 4.74 Å². The van der Waals surface area contributed by atoms with Crippen molar-refractivity contribution in [2.45, 2.75) is 38.2 Å². The Kier molecular flexibility index (Phi) is 3.77. The molecule has 0 aliphatic heterocycles. The molecule has 1 aliphatic carbocycles. The van der Waals surface area contributed by atoms with Gasteiger partial charge in [-0.25, -0.2) is 0 Å². The van der Waals surface area contributed by atoms with Crippen molar-refractivity contribution in [3.8, 4) is 0 Å². The first-order chi connectivity index (χ1) is 10.1. The summed E-state index contributed by atoms with van der Waals surface area (Å²) in [5.41, 5.74) is 1.01. The molecule has 3 rings (SSSR count). The van der Waals surface area contributed by atoms with E-state index in [2.05, 4.69) is 11.9 Å². The van der Waals surface area contributed by atoms with Crippen LogP contribution in [-0.4, -0.2) is 23.5 Å². The number of methoxy groups -OCH3 is 1. The van der Waals surface area contributed by atoms with Gasteiger partial charge in [-0.15, -0.1) is 0 Å². The summed E-state index contributed by atoms with van der Waals surface area (Å²) in [6.45, 7) is 2.24. The van der Waals surface area contributed by atoms with Crippen LogP contribution in [0.4, 0.5) is 0 Å². The predicted octanol–water partition coefficient (Wildman–Crippen LogP) is 4.01. The van der Waals surface area contributed by atoms with Crippen LogP contribution in [0.2, 0.25) is 0 Å². The molecule has 0 unspecified atom stereocenters. The standard InChI is InChI=1S/C18H21NO2/c1-13-7-9-18(21-2,10-8-13)17(20)15-5-6-16-14(12-15)4-3-11-19-16/h3-6,11-13H,7-10H2,1-2H3. The molecule has 110 valence electrons. The number of ketones is 1. The van der Waals surface area contributed by atoms with E-state index < -0.39 is 5.60 Å². The molecule has 0 spiro atoms. The monoisotopic (exact) mass is 283 g/mol. The highest BCUT2D eigenvalue weighted by atomic mass is 16.5. The number of hydrogen-bond acceptors (Lipinski definition) is 3. The summed E-state index contributed by atoms with van der Waals surface area (Å²) in [7, 11) is 1.66. The number of hydrogen-bond donors (Lipinski definition) is 0. The van der Waals surface area contributed by atoms with E-state index in [0.717, 1.165) is 42.1 Å². The lowest BCUT2D eigenvalue weighted by Crippen LogP contribution is -2.43. The Morgan fingerprint density at radius 3 is 2.76 bits per heavy atom. The van der Waals surface area contributed by atoms with Crippen LogP contribution < -0.4 is 0 Å². The maximum atomic E-state index is 13.0. The van der Waals surface area contributed by atoms with Crippen LogP contribution in [0, 0.1) is 5.92 Å². The number of ether oxygens (including phenoxy) is 1. The van der Waals surface area contributed by atoms with Gasteiger partial charge in [-0.3, -0.25) is 9.78 Å². The molecule has 2 aromatic rings. The Morgan fingerprint density at radius 2 is 2.05 bits per heavy atom. The van der Waals surface area contributed by atoms with Crippen LogP contribution >= 0.6 is 0 Å². The van der Waals surface area contributed by atoms with E-state index >= 15 is 0 Å². The van der Waals surface area contributed by atoms with Gasteiger partial charge in [0.1, 0.15) is 5.60 Å². The summed E-state index contributed by atoms with van der Waals surface area (Å²) in [5, 5.41) is 0.999. The van der Waals surface area contributed by atoms with Gasteiger partial charge in [0.2, 0.25) is 0 Å². The lowest BCUT2D eigenvalue weighted by molar-refractivity contribution is -0.0263. The van der Waals surface area contributed by atoms with Crippen LogP contribution in [0.3, 0.4) is 0 Å². The fourth-order valence-corrected chi connectivity index (χ4v) is 3.23. The molecule has 1 aliphatic rings. The SMILES string of the molecule is COC1(C(=O)c2ccc3ncccc3c2)CCC(C)CC1. The molecule has 21 heavy (non-hydrogen) atoms. The molecule has 0 saturated heterocycles. The van der Waals surface area contributed by atoms with E-state index in [1.54, 1.807) is 13.3 Å². The topological polar surface area (TPSA) is 39.2 Å². The molecule has 1 aromatic heterocycles. The van der Waals surface area contributed by atoms with Crippen molar-refractivity contribution in [2.24, 2.45) is 5.92 Å². The maximum absolute atomic E-state index is 13.0. The molecule has 1 saturated carbocycles. The first-order valence-corrected chi connectivity index (χ1v) is 7.59. The molecule has 0 N–H and O–H groups in total. The normalized spacial score (nSPS) is 25.9. The van der Waals surface area contributed by atoms with Crippen molar-refractivity contribution < 1.29 is 9.53 Å². The van der Waals surface area contributed by atoms with Gasteiger partial charge in [-0.2, -0.15) is 0 Å². The van der Waals surface area contributed by atoms with Gasteiger partial charge in [-0.05, 0) is 55.9 Å². The Balaban J connectivity index is 1.95. The average Bonchev–Trinajstić information content (AvgIpc) is 2.55. The zero-order chi connectivity index (χ0) is 14.9. The Hall–Kier alpha value is -1.74. The van der Waals surface area contributed by atoms with E-state index in [1.807, 2.05) is 30.3 Å². The van der Waals surface area contributed by atoms with Crippen LogP contribution in [0.1, 0.15) is 43.0 Å². The first kappa shape index (κ1) is 14.2. The third kappa shape index (κ3) is 2.58. The van der Waals surface area contributed by atoms with Gasteiger partial charge in [0, 0.05) is 24.3 Å². The second-order valence-electron chi connectivity index (χ2n) is 6.12. The minimum atomic E-state index is -0.637. The van der Waals surface area contributed by atoms with Crippen LogP contribution in [-0.2, 0) is 4.74 Å². The number of carbonyl (C=O) groups excluding carboxylic acids is 1. The number of carbonyl (C=O) groups is 1. The molecule has 0 radical (unpaired) electrons. The Morgan fingerprint density at radius 1 is 1.29 bits per heavy atom. The summed E-state index contributed by atoms with van der Waals surface area (Å²) in [6.07, 6.45) is 5.50. The third-order valence-corrected chi connectivity index (χ3v) is 4.75. The molecular weight excluding hydrogens is 262 g/mol. The number of aromatic nitrogens is 1. The van der Waals surface area contributed by atoms with Gasteiger partial charge < -0.3 is 4.74 Å². The van der Waals surface area contributed by atoms with Crippen molar-refractivity contribution in [1.82, 2.24) is 4.98 Å². The summed E-state index contributed by atoms with van der Waals surface area (Å²) in [4.78, 5) is 17.3. The van der Waals surface area contributed by atoms with Crippen molar-refractivity contribution in [3.05, 3.63) is 42.1 Å². The fourth-order valence-electron chi connectivity index (χ4n) is 3.23.